The van der Waals surface area contributed by atoms with E-state index in [9.17, 15) is 10.1 Å². The Morgan fingerprint density at radius 3 is 2.87 bits per heavy atom. The van der Waals surface area contributed by atoms with Crippen molar-refractivity contribution < 1.29 is 4.92 Å². The Bertz CT molecular complexity index is 363. The standard InChI is InChI=1S/C9H12N4O2/c14-13(15)8-1-2-11-9(7-8)12-5-3-10-4-6-12/h1-2,7,10H,3-6H2. The van der Waals surface area contributed by atoms with Gasteiger partial charge in [-0.3, -0.25) is 10.1 Å². The summed E-state index contributed by atoms with van der Waals surface area (Å²) in [7, 11) is 0. The number of nitrogens with zero attached hydrogens (tertiary/aromatic N) is 3. The second-order valence-electron chi connectivity index (χ2n) is 3.37. The van der Waals surface area contributed by atoms with E-state index in [4.69, 9.17) is 0 Å². The molecule has 0 amide bonds. The number of nitrogens with one attached hydrogen (secondary N) is 1. The van der Waals surface area contributed by atoms with E-state index in [0.29, 0.717) is 5.82 Å². The lowest BCUT2D eigenvalue weighted by Gasteiger charge is -2.28. The fourth-order valence-corrected chi connectivity index (χ4v) is 1.59. The highest BCUT2D eigenvalue weighted by atomic mass is 16.6. The highest BCUT2D eigenvalue weighted by molar-refractivity contribution is 5.46. The third-order valence-electron chi connectivity index (χ3n) is 2.38. The highest BCUT2D eigenvalue weighted by Gasteiger charge is 2.14. The summed E-state index contributed by atoms with van der Waals surface area (Å²) in [6.07, 6.45) is 1.48. The van der Waals surface area contributed by atoms with Gasteiger partial charge in [0.05, 0.1) is 11.0 Å². The number of nitro groups is 1. The Morgan fingerprint density at radius 2 is 2.20 bits per heavy atom. The molecule has 1 aliphatic rings. The van der Waals surface area contributed by atoms with Crippen LogP contribution in [0.1, 0.15) is 0 Å². The molecule has 0 atom stereocenters. The summed E-state index contributed by atoms with van der Waals surface area (Å²) in [5.74, 6) is 0.686. The predicted octanol–water partition coefficient (Wildman–Crippen LogP) is 0.399. The van der Waals surface area contributed by atoms with Gasteiger partial charge in [-0.05, 0) is 0 Å². The van der Waals surface area contributed by atoms with E-state index in [1.807, 2.05) is 4.90 Å². The molecular weight excluding hydrogens is 196 g/mol. The fraction of sp³-hybridized carbons (Fsp3) is 0.444. The lowest BCUT2D eigenvalue weighted by Crippen LogP contribution is -2.43. The van der Waals surface area contributed by atoms with Crippen molar-refractivity contribution in [2.24, 2.45) is 0 Å². The molecule has 2 rings (SSSR count). The minimum atomic E-state index is -0.395. The molecule has 80 valence electrons. The Kier molecular flexibility index (Phi) is 2.77. The highest BCUT2D eigenvalue weighted by Crippen LogP contribution is 2.18. The Balaban J connectivity index is 2.19. The van der Waals surface area contributed by atoms with Crippen LogP contribution in [-0.4, -0.2) is 36.1 Å². The van der Waals surface area contributed by atoms with Crippen molar-refractivity contribution in [2.45, 2.75) is 0 Å². The van der Waals surface area contributed by atoms with Gasteiger partial charge < -0.3 is 10.2 Å². The zero-order valence-corrected chi connectivity index (χ0v) is 8.22. The number of aromatic nitrogens is 1. The number of rotatable bonds is 2. The molecule has 1 aromatic heterocycles. The molecule has 0 bridgehead atoms. The molecule has 0 radical (unpaired) electrons. The number of piperazine rings is 1. The fourth-order valence-electron chi connectivity index (χ4n) is 1.59. The molecule has 6 heteroatoms. The van der Waals surface area contributed by atoms with Crippen LogP contribution in [-0.2, 0) is 0 Å². The van der Waals surface area contributed by atoms with E-state index in [1.54, 1.807) is 0 Å². The van der Waals surface area contributed by atoms with E-state index >= 15 is 0 Å². The van der Waals surface area contributed by atoms with Crippen molar-refractivity contribution in [3.05, 3.63) is 28.4 Å². The van der Waals surface area contributed by atoms with Gasteiger partial charge in [-0.15, -0.1) is 0 Å². The van der Waals surface area contributed by atoms with Crippen LogP contribution in [0.2, 0.25) is 0 Å². The Morgan fingerprint density at radius 1 is 1.47 bits per heavy atom. The largest absolute Gasteiger partial charge is 0.354 e. The van der Waals surface area contributed by atoms with Crippen LogP contribution in [0.5, 0.6) is 0 Å². The van der Waals surface area contributed by atoms with Crippen LogP contribution in [0, 0.1) is 10.1 Å². The molecule has 1 N–H and O–H groups in total. The second kappa shape index (κ2) is 4.22. The summed E-state index contributed by atoms with van der Waals surface area (Å²) < 4.78 is 0. The van der Waals surface area contributed by atoms with Crippen LogP contribution >= 0.6 is 0 Å². The minimum Gasteiger partial charge on any atom is -0.354 e. The van der Waals surface area contributed by atoms with Gasteiger partial charge in [-0.1, -0.05) is 0 Å². The van der Waals surface area contributed by atoms with Crippen LogP contribution in [0.4, 0.5) is 11.5 Å². The predicted molar refractivity (Wildman–Crippen MR) is 56.0 cm³/mol. The molecule has 0 spiro atoms. The van der Waals surface area contributed by atoms with Gasteiger partial charge in [0, 0.05) is 38.4 Å². The lowest BCUT2D eigenvalue weighted by atomic mass is 10.3. The molecule has 0 unspecified atom stereocenters. The van der Waals surface area contributed by atoms with Crippen LogP contribution in [0.3, 0.4) is 0 Å². The molecule has 1 aliphatic heterocycles. The third kappa shape index (κ3) is 2.21. The van der Waals surface area contributed by atoms with Gasteiger partial charge in [0.25, 0.3) is 5.69 Å². The molecular formula is C9H12N4O2. The number of hydrogen-bond donors (Lipinski definition) is 1. The van der Waals surface area contributed by atoms with Crippen molar-refractivity contribution in [1.29, 1.82) is 0 Å². The van der Waals surface area contributed by atoms with Gasteiger partial charge in [0.1, 0.15) is 5.82 Å². The average molecular weight is 208 g/mol. The normalized spacial score (nSPS) is 16.4. The van der Waals surface area contributed by atoms with Crippen LogP contribution in [0.15, 0.2) is 18.3 Å². The van der Waals surface area contributed by atoms with Gasteiger partial charge in [-0.2, -0.15) is 0 Å². The third-order valence-corrected chi connectivity index (χ3v) is 2.38. The van der Waals surface area contributed by atoms with E-state index in [0.717, 1.165) is 26.2 Å². The number of hydrogen-bond acceptors (Lipinski definition) is 5. The maximum Gasteiger partial charge on any atom is 0.274 e. The first-order valence-electron chi connectivity index (χ1n) is 4.83. The van der Waals surface area contributed by atoms with Gasteiger partial charge in [0.15, 0.2) is 0 Å². The van der Waals surface area contributed by atoms with E-state index < -0.39 is 4.92 Å². The Hall–Kier alpha value is -1.69. The van der Waals surface area contributed by atoms with Crippen molar-refractivity contribution in [2.75, 3.05) is 31.1 Å². The van der Waals surface area contributed by atoms with Crippen LogP contribution in [0.25, 0.3) is 0 Å². The van der Waals surface area contributed by atoms with Crippen molar-refractivity contribution >= 4 is 11.5 Å². The molecule has 15 heavy (non-hydrogen) atoms. The zero-order chi connectivity index (χ0) is 10.7. The zero-order valence-electron chi connectivity index (χ0n) is 8.22. The summed E-state index contributed by atoms with van der Waals surface area (Å²) in [6.45, 7) is 3.47. The molecule has 0 aromatic carbocycles. The Labute approximate surface area is 87.1 Å². The first-order chi connectivity index (χ1) is 7.27. The summed E-state index contributed by atoms with van der Waals surface area (Å²) >= 11 is 0. The summed E-state index contributed by atoms with van der Waals surface area (Å²) in [5, 5.41) is 13.8. The summed E-state index contributed by atoms with van der Waals surface area (Å²) in [6, 6.07) is 2.93. The molecule has 2 heterocycles. The quantitative estimate of drug-likeness (QED) is 0.562. The second-order valence-corrected chi connectivity index (χ2v) is 3.37. The van der Waals surface area contributed by atoms with Gasteiger partial charge in [-0.25, -0.2) is 4.98 Å². The molecule has 0 saturated carbocycles. The van der Waals surface area contributed by atoms with E-state index in [1.165, 1.54) is 18.3 Å². The van der Waals surface area contributed by atoms with E-state index in [-0.39, 0.29) is 5.69 Å². The van der Waals surface area contributed by atoms with Crippen molar-refractivity contribution in [3.8, 4) is 0 Å². The van der Waals surface area contributed by atoms with Gasteiger partial charge >= 0.3 is 0 Å². The number of anilines is 1. The minimum absolute atomic E-state index is 0.0959. The van der Waals surface area contributed by atoms with Gasteiger partial charge in [0.2, 0.25) is 0 Å². The van der Waals surface area contributed by atoms with Crippen molar-refractivity contribution in [3.63, 3.8) is 0 Å². The van der Waals surface area contributed by atoms with Crippen molar-refractivity contribution in [1.82, 2.24) is 10.3 Å². The monoisotopic (exact) mass is 208 g/mol. The molecule has 0 aliphatic carbocycles. The number of pyridine rings is 1. The summed E-state index contributed by atoms with van der Waals surface area (Å²) in [4.78, 5) is 16.4. The van der Waals surface area contributed by atoms with E-state index in [2.05, 4.69) is 10.3 Å². The first-order valence-corrected chi connectivity index (χ1v) is 4.83. The maximum atomic E-state index is 10.6. The summed E-state index contributed by atoms with van der Waals surface area (Å²) in [5.41, 5.74) is 0.0959. The average Bonchev–Trinajstić information content (AvgIpc) is 2.30. The smallest absolute Gasteiger partial charge is 0.274 e. The van der Waals surface area contributed by atoms with Crippen LogP contribution < -0.4 is 10.2 Å². The molecule has 1 saturated heterocycles. The molecule has 1 aromatic rings. The maximum absolute atomic E-state index is 10.6. The molecule has 6 nitrogen and oxygen atoms in total. The molecule has 1 fully saturated rings. The topological polar surface area (TPSA) is 71.3 Å². The SMILES string of the molecule is O=[N+]([O-])c1ccnc(N2CCNCC2)c1. The lowest BCUT2D eigenvalue weighted by molar-refractivity contribution is -0.384. The first kappa shape index (κ1) is 9.85.